The average Bonchev–Trinajstić information content (AvgIpc) is 2.27. The summed E-state index contributed by atoms with van der Waals surface area (Å²) >= 11 is 0. The Hall–Kier alpha value is -1.86. The van der Waals surface area contributed by atoms with E-state index in [9.17, 15) is 12.8 Å². The van der Waals surface area contributed by atoms with E-state index < -0.39 is 16.0 Å². The van der Waals surface area contributed by atoms with Gasteiger partial charge in [-0.1, -0.05) is 6.07 Å². The lowest BCUT2D eigenvalue weighted by atomic mass is 10.1. The van der Waals surface area contributed by atoms with Gasteiger partial charge in [-0.05, 0) is 30.7 Å². The van der Waals surface area contributed by atoms with Crippen LogP contribution in [0.1, 0.15) is 5.56 Å². The van der Waals surface area contributed by atoms with E-state index >= 15 is 0 Å². The number of pyridine rings is 2. The second kappa shape index (κ2) is 4.43. The lowest BCUT2D eigenvalue weighted by molar-refractivity contribution is 0.583. The van der Waals surface area contributed by atoms with Gasteiger partial charge < -0.3 is 0 Å². The van der Waals surface area contributed by atoms with E-state index in [0.717, 1.165) is 0 Å². The van der Waals surface area contributed by atoms with E-state index in [0.29, 0.717) is 5.56 Å². The van der Waals surface area contributed by atoms with Crippen molar-refractivity contribution in [2.75, 3.05) is 0 Å². The van der Waals surface area contributed by atoms with Crippen molar-refractivity contribution in [3.8, 4) is 11.3 Å². The average molecular weight is 267 g/mol. The van der Waals surface area contributed by atoms with Crippen molar-refractivity contribution >= 4 is 10.0 Å². The summed E-state index contributed by atoms with van der Waals surface area (Å²) in [5.74, 6) is -0.698. The topological polar surface area (TPSA) is 85.9 Å². The molecule has 0 atom stereocenters. The molecule has 0 bridgehead atoms. The van der Waals surface area contributed by atoms with Crippen LogP contribution in [0.2, 0.25) is 0 Å². The molecular weight excluding hydrogens is 257 g/mol. The molecule has 0 spiro atoms. The zero-order valence-electron chi connectivity index (χ0n) is 9.46. The van der Waals surface area contributed by atoms with Gasteiger partial charge in [0.25, 0.3) is 10.0 Å². The minimum Gasteiger partial charge on any atom is -0.243 e. The molecule has 0 aromatic carbocycles. The maximum Gasteiger partial charge on any atom is 0.256 e. The van der Waals surface area contributed by atoms with Gasteiger partial charge in [0.15, 0.2) is 5.03 Å². The van der Waals surface area contributed by atoms with E-state index in [-0.39, 0.29) is 16.3 Å². The Morgan fingerprint density at radius 1 is 1.28 bits per heavy atom. The minimum atomic E-state index is -3.99. The van der Waals surface area contributed by atoms with Gasteiger partial charge in [-0.15, -0.1) is 0 Å². The smallest absolute Gasteiger partial charge is 0.243 e. The summed E-state index contributed by atoms with van der Waals surface area (Å²) in [5.41, 5.74) is 1.01. The second-order valence-corrected chi connectivity index (χ2v) is 5.18. The molecule has 2 N–H and O–H groups in total. The van der Waals surface area contributed by atoms with Crippen molar-refractivity contribution in [3.63, 3.8) is 0 Å². The third kappa shape index (κ3) is 2.36. The molecule has 18 heavy (non-hydrogen) atoms. The Balaban J connectivity index is 2.79. The Bertz CT molecular complexity index is 701. The molecule has 2 heterocycles. The molecule has 0 aliphatic rings. The standard InChI is InChI=1S/C11H10FN3O2S/c1-7-5-6-14-11(18(13,16)17)10(7)8-3-2-4-9(12)15-8/h2-6H,1H3,(H2,13,16,17). The van der Waals surface area contributed by atoms with E-state index in [4.69, 9.17) is 5.14 Å². The largest absolute Gasteiger partial charge is 0.256 e. The molecule has 0 radical (unpaired) electrons. The fourth-order valence-corrected chi connectivity index (χ4v) is 2.37. The third-order valence-corrected chi connectivity index (χ3v) is 3.21. The molecule has 2 rings (SSSR count). The lowest BCUT2D eigenvalue weighted by Crippen LogP contribution is -2.16. The SMILES string of the molecule is Cc1ccnc(S(N)(=O)=O)c1-c1cccc(F)n1. The first-order chi connectivity index (χ1) is 8.39. The molecule has 2 aromatic rings. The van der Waals surface area contributed by atoms with E-state index in [1.165, 1.54) is 24.4 Å². The molecule has 94 valence electrons. The minimum absolute atomic E-state index is 0.185. The van der Waals surface area contributed by atoms with Crippen LogP contribution in [0.25, 0.3) is 11.3 Å². The maximum atomic E-state index is 13.1. The zero-order chi connectivity index (χ0) is 13.3. The molecule has 7 heteroatoms. The predicted molar refractivity (Wildman–Crippen MR) is 63.5 cm³/mol. The summed E-state index contributed by atoms with van der Waals surface area (Å²) in [4.78, 5) is 7.39. The van der Waals surface area contributed by atoms with Crippen LogP contribution < -0.4 is 5.14 Å². The quantitative estimate of drug-likeness (QED) is 0.829. The summed E-state index contributed by atoms with van der Waals surface area (Å²) < 4.78 is 36.0. The van der Waals surface area contributed by atoms with Gasteiger partial charge in [0.05, 0.1) is 5.69 Å². The van der Waals surface area contributed by atoms with Crippen LogP contribution in [0.15, 0.2) is 35.5 Å². The van der Waals surface area contributed by atoms with Crippen LogP contribution in [0.4, 0.5) is 4.39 Å². The van der Waals surface area contributed by atoms with Gasteiger partial charge in [0, 0.05) is 11.8 Å². The van der Waals surface area contributed by atoms with Gasteiger partial charge >= 0.3 is 0 Å². The number of hydrogen-bond donors (Lipinski definition) is 1. The summed E-state index contributed by atoms with van der Waals surface area (Å²) in [7, 11) is -3.99. The Morgan fingerprint density at radius 2 is 2.00 bits per heavy atom. The van der Waals surface area contributed by atoms with Crippen molar-refractivity contribution in [2.24, 2.45) is 5.14 Å². The summed E-state index contributed by atoms with van der Waals surface area (Å²) in [6.45, 7) is 1.68. The molecule has 0 unspecified atom stereocenters. The summed E-state index contributed by atoms with van der Waals surface area (Å²) in [5, 5.41) is 4.79. The maximum absolute atomic E-state index is 13.1. The number of hydrogen-bond acceptors (Lipinski definition) is 4. The third-order valence-electron chi connectivity index (χ3n) is 2.37. The van der Waals surface area contributed by atoms with Crippen LogP contribution in [0.3, 0.4) is 0 Å². The van der Waals surface area contributed by atoms with Crippen LogP contribution in [-0.2, 0) is 10.0 Å². The van der Waals surface area contributed by atoms with Crippen LogP contribution >= 0.6 is 0 Å². The molecule has 0 aliphatic heterocycles. The van der Waals surface area contributed by atoms with Gasteiger partial charge in [-0.3, -0.25) is 0 Å². The van der Waals surface area contributed by atoms with Crippen LogP contribution in [-0.4, -0.2) is 18.4 Å². The highest BCUT2D eigenvalue weighted by Gasteiger charge is 2.19. The molecule has 0 saturated heterocycles. The normalized spacial score (nSPS) is 11.5. The van der Waals surface area contributed by atoms with Gasteiger partial charge in [-0.25, -0.2) is 23.5 Å². The molecule has 0 saturated carbocycles. The number of rotatable bonds is 2. The number of aromatic nitrogens is 2. The molecule has 0 amide bonds. The molecular formula is C11H10FN3O2S. The molecule has 0 fully saturated rings. The number of halogens is 1. The first-order valence-electron chi connectivity index (χ1n) is 5.01. The fraction of sp³-hybridized carbons (Fsp3) is 0.0909. The highest BCUT2D eigenvalue weighted by Crippen LogP contribution is 2.26. The fourth-order valence-electron chi connectivity index (χ4n) is 1.61. The van der Waals surface area contributed by atoms with Crippen molar-refractivity contribution in [1.82, 2.24) is 9.97 Å². The van der Waals surface area contributed by atoms with Gasteiger partial charge in [0.2, 0.25) is 5.95 Å². The first kappa shape index (κ1) is 12.6. The Morgan fingerprint density at radius 3 is 2.61 bits per heavy atom. The highest BCUT2D eigenvalue weighted by molar-refractivity contribution is 7.89. The second-order valence-electron chi connectivity index (χ2n) is 3.70. The highest BCUT2D eigenvalue weighted by atomic mass is 32.2. The van der Waals surface area contributed by atoms with Crippen LogP contribution in [0.5, 0.6) is 0 Å². The molecule has 2 aromatic heterocycles. The number of nitrogens with two attached hydrogens (primary N) is 1. The Kier molecular flexibility index (Phi) is 3.10. The van der Waals surface area contributed by atoms with Crippen molar-refractivity contribution in [2.45, 2.75) is 11.9 Å². The van der Waals surface area contributed by atoms with Crippen molar-refractivity contribution in [3.05, 3.63) is 42.0 Å². The molecule has 0 aliphatic carbocycles. The predicted octanol–water partition coefficient (Wildman–Crippen LogP) is 1.24. The van der Waals surface area contributed by atoms with Crippen molar-refractivity contribution < 1.29 is 12.8 Å². The van der Waals surface area contributed by atoms with E-state index in [2.05, 4.69) is 9.97 Å². The monoisotopic (exact) mass is 267 g/mol. The van der Waals surface area contributed by atoms with Gasteiger partial charge in [-0.2, -0.15) is 4.39 Å². The molecule has 5 nitrogen and oxygen atoms in total. The van der Waals surface area contributed by atoms with Crippen molar-refractivity contribution in [1.29, 1.82) is 0 Å². The van der Waals surface area contributed by atoms with Crippen LogP contribution in [0, 0.1) is 12.9 Å². The number of aryl methyl sites for hydroxylation is 1. The zero-order valence-corrected chi connectivity index (χ0v) is 10.3. The van der Waals surface area contributed by atoms with E-state index in [1.54, 1.807) is 13.0 Å². The number of nitrogens with zero attached hydrogens (tertiary/aromatic N) is 2. The lowest BCUT2D eigenvalue weighted by Gasteiger charge is -2.09. The van der Waals surface area contributed by atoms with E-state index in [1.807, 2.05) is 0 Å². The summed E-state index contributed by atoms with van der Waals surface area (Å²) in [6, 6.07) is 5.72. The Labute approximate surface area is 104 Å². The first-order valence-corrected chi connectivity index (χ1v) is 6.55. The van der Waals surface area contributed by atoms with Gasteiger partial charge in [0.1, 0.15) is 0 Å². The summed E-state index contributed by atoms with van der Waals surface area (Å²) in [6.07, 6.45) is 1.33. The number of sulfonamides is 1. The number of primary sulfonamides is 1.